The highest BCUT2D eigenvalue weighted by atomic mass is 16.3. The predicted octanol–water partition coefficient (Wildman–Crippen LogP) is 23.9. The molecule has 0 aliphatic heterocycles. The molecule has 17 aromatic rings. The van der Waals surface area contributed by atoms with Crippen LogP contribution in [-0.2, 0) is 0 Å². The van der Waals surface area contributed by atoms with Gasteiger partial charge < -0.3 is 23.1 Å². The molecule has 0 N–H and O–H groups in total. The Balaban J connectivity index is 0.934. The summed E-state index contributed by atoms with van der Waals surface area (Å²) in [7, 11) is 0. The van der Waals surface area contributed by atoms with Crippen molar-refractivity contribution in [2.24, 2.45) is 0 Å². The Kier molecular flexibility index (Phi) is 11.6. The van der Waals surface area contributed by atoms with Crippen LogP contribution in [0.4, 0.5) is 34.1 Å². The lowest BCUT2D eigenvalue weighted by Gasteiger charge is -2.28. The first kappa shape index (κ1) is 50.1. The van der Waals surface area contributed by atoms with E-state index in [4.69, 9.17) is 13.3 Å². The van der Waals surface area contributed by atoms with Crippen LogP contribution in [0, 0.1) is 13.8 Å². The van der Waals surface area contributed by atoms with Crippen LogP contribution in [0.5, 0.6) is 0 Å². The SMILES string of the molecule is Cc1ccccc1-c1cccc2c1oc1c(N(c3ccc(-c4ccccc4)cc3)c3cc4c5cc(N(c6ccc(-c7ccccc7)cc6)c6cccc7c6oc6c(-c8ccccc8C)cccc67)c6ccccc6c5oc4c4ccccc34)cccc12. The molecule has 3 aromatic heterocycles. The molecule has 5 heteroatoms. The van der Waals surface area contributed by atoms with E-state index in [0.29, 0.717) is 0 Å². The Morgan fingerprint density at radius 2 is 0.506 bits per heavy atom. The van der Waals surface area contributed by atoms with E-state index in [-0.39, 0.29) is 0 Å². The van der Waals surface area contributed by atoms with Crippen LogP contribution >= 0.6 is 0 Å². The van der Waals surface area contributed by atoms with Gasteiger partial charge in [-0.2, -0.15) is 0 Å². The number of rotatable bonds is 10. The summed E-state index contributed by atoms with van der Waals surface area (Å²) in [5.74, 6) is 0. The molecule has 0 bridgehead atoms. The van der Waals surface area contributed by atoms with Gasteiger partial charge in [-0.15, -0.1) is 0 Å². The van der Waals surface area contributed by atoms with Gasteiger partial charge in [0.25, 0.3) is 0 Å². The van der Waals surface area contributed by atoms with E-state index < -0.39 is 0 Å². The summed E-state index contributed by atoms with van der Waals surface area (Å²) in [6.07, 6.45) is 0. The fraction of sp³-hybridized carbons (Fsp3) is 0.0244. The first-order valence-electron chi connectivity index (χ1n) is 29.7. The molecule has 0 saturated carbocycles. The molecule has 0 spiro atoms. The minimum absolute atomic E-state index is 0.801. The van der Waals surface area contributed by atoms with Crippen LogP contribution in [0.15, 0.2) is 304 Å². The van der Waals surface area contributed by atoms with E-state index in [9.17, 15) is 0 Å². The molecule has 17 rings (SSSR count). The third kappa shape index (κ3) is 8.08. The number of furan rings is 3. The van der Waals surface area contributed by atoms with E-state index in [1.54, 1.807) is 0 Å². The van der Waals surface area contributed by atoms with Gasteiger partial charge in [0.2, 0.25) is 0 Å². The van der Waals surface area contributed by atoms with E-state index in [1.165, 1.54) is 11.1 Å². The lowest BCUT2D eigenvalue weighted by molar-refractivity contribution is 0.670. The lowest BCUT2D eigenvalue weighted by atomic mass is 9.98. The summed E-state index contributed by atoms with van der Waals surface area (Å²) in [4.78, 5) is 4.78. The highest BCUT2D eigenvalue weighted by Gasteiger charge is 2.28. The highest BCUT2D eigenvalue weighted by Crippen LogP contribution is 2.52. The molecule has 14 aromatic carbocycles. The van der Waals surface area contributed by atoms with Gasteiger partial charge in [0.15, 0.2) is 11.2 Å². The quantitative estimate of drug-likeness (QED) is 0.137. The molecule has 0 unspecified atom stereocenters. The maximum Gasteiger partial charge on any atom is 0.159 e. The minimum atomic E-state index is 0.801. The Hall–Kier alpha value is -11.4. The molecular formula is C82H54N2O3. The summed E-state index contributed by atoms with van der Waals surface area (Å²) in [5.41, 5.74) is 22.1. The molecule has 87 heavy (non-hydrogen) atoms. The van der Waals surface area contributed by atoms with E-state index in [1.807, 2.05) is 0 Å². The van der Waals surface area contributed by atoms with Gasteiger partial charge in [-0.1, -0.05) is 243 Å². The lowest BCUT2D eigenvalue weighted by Crippen LogP contribution is -2.11. The van der Waals surface area contributed by atoms with Crippen molar-refractivity contribution < 1.29 is 13.3 Å². The third-order valence-corrected chi connectivity index (χ3v) is 17.7. The van der Waals surface area contributed by atoms with Crippen molar-refractivity contribution in [3.8, 4) is 44.5 Å². The number of hydrogen-bond donors (Lipinski definition) is 0. The zero-order valence-corrected chi connectivity index (χ0v) is 47.8. The second kappa shape index (κ2) is 20.2. The molecule has 0 aliphatic carbocycles. The van der Waals surface area contributed by atoms with Gasteiger partial charge in [0.05, 0.1) is 22.7 Å². The monoisotopic (exact) mass is 1110 g/mol. The number of para-hydroxylation sites is 4. The smallest absolute Gasteiger partial charge is 0.159 e. The standard InChI is InChI=1S/C82H54N2O3/c1-51-21-9-11-27-59(51)63-33-17-35-67-69-37-19-39-73(81(69)86-77(63)67)83(57-45-41-55(42-46-57)53-23-5-3-6-24-53)75-49-71-72-50-76(62-30-14-16-32-66(62)80(72)85-79(71)65-31-15-13-29-61(65)75)84(58-47-43-56(44-48-58)54-25-7-4-8-26-54)74-40-20-38-70-68-36-18-34-64(78(68)87-82(70)74)60-28-12-10-22-52(60)2/h3-50H,1-2H3. The Labute approximate surface area is 502 Å². The molecule has 0 aliphatic rings. The number of hydrogen-bond acceptors (Lipinski definition) is 5. The van der Waals surface area contributed by atoms with Crippen molar-refractivity contribution >= 4 is 121 Å². The van der Waals surface area contributed by atoms with Gasteiger partial charge in [-0.05, 0) is 107 Å². The fourth-order valence-corrected chi connectivity index (χ4v) is 13.6. The van der Waals surface area contributed by atoms with Crippen molar-refractivity contribution in [3.63, 3.8) is 0 Å². The first-order chi connectivity index (χ1) is 43.0. The van der Waals surface area contributed by atoms with E-state index in [2.05, 4.69) is 315 Å². The average Bonchev–Trinajstić information content (AvgIpc) is 1.72. The van der Waals surface area contributed by atoms with Gasteiger partial charge in [-0.25, -0.2) is 0 Å². The van der Waals surface area contributed by atoms with Crippen LogP contribution in [0.3, 0.4) is 0 Å². The van der Waals surface area contributed by atoms with Crippen LogP contribution in [0.25, 0.3) is 132 Å². The van der Waals surface area contributed by atoms with Crippen molar-refractivity contribution in [2.75, 3.05) is 9.80 Å². The average molecular weight is 1120 g/mol. The van der Waals surface area contributed by atoms with Crippen molar-refractivity contribution in [3.05, 3.63) is 302 Å². The van der Waals surface area contributed by atoms with Gasteiger partial charge >= 0.3 is 0 Å². The maximum atomic E-state index is 7.38. The predicted molar refractivity (Wildman–Crippen MR) is 364 cm³/mol. The summed E-state index contributed by atoms with van der Waals surface area (Å²) in [6.45, 7) is 4.33. The zero-order valence-electron chi connectivity index (χ0n) is 47.8. The second-order valence-corrected chi connectivity index (χ2v) is 22.7. The molecule has 0 amide bonds. The third-order valence-electron chi connectivity index (χ3n) is 17.7. The van der Waals surface area contributed by atoms with Crippen molar-refractivity contribution in [1.29, 1.82) is 0 Å². The molecule has 0 saturated heterocycles. The highest BCUT2D eigenvalue weighted by molar-refractivity contribution is 6.26. The number of benzene rings is 14. The molecule has 410 valence electrons. The molecule has 0 radical (unpaired) electrons. The summed E-state index contributed by atoms with van der Waals surface area (Å²) < 4.78 is 22.0. The fourth-order valence-electron chi connectivity index (χ4n) is 13.6. The summed E-state index contributed by atoms with van der Waals surface area (Å²) >= 11 is 0. The Morgan fingerprint density at radius 3 is 0.920 bits per heavy atom. The largest absolute Gasteiger partial charge is 0.455 e. The van der Waals surface area contributed by atoms with Crippen LogP contribution < -0.4 is 9.80 Å². The van der Waals surface area contributed by atoms with Gasteiger partial charge in [0.1, 0.15) is 22.3 Å². The minimum Gasteiger partial charge on any atom is -0.455 e. The van der Waals surface area contributed by atoms with E-state index in [0.717, 1.165) is 166 Å². The van der Waals surface area contributed by atoms with Crippen LogP contribution in [-0.4, -0.2) is 0 Å². The van der Waals surface area contributed by atoms with E-state index >= 15 is 0 Å². The van der Waals surface area contributed by atoms with Crippen LogP contribution in [0.1, 0.15) is 11.1 Å². The summed E-state index contributed by atoms with van der Waals surface area (Å²) in [5, 5.41) is 10.3. The maximum absolute atomic E-state index is 7.38. The molecule has 0 atom stereocenters. The molecule has 0 fully saturated rings. The normalized spacial score (nSPS) is 11.8. The Morgan fingerprint density at radius 1 is 0.207 bits per heavy atom. The van der Waals surface area contributed by atoms with Crippen molar-refractivity contribution in [1.82, 2.24) is 0 Å². The second-order valence-electron chi connectivity index (χ2n) is 22.7. The number of nitrogens with zero attached hydrogens (tertiary/aromatic N) is 2. The molecule has 5 nitrogen and oxygen atoms in total. The number of aryl methyl sites for hydroxylation is 2. The zero-order chi connectivity index (χ0) is 57.7. The topological polar surface area (TPSA) is 45.9 Å². The van der Waals surface area contributed by atoms with Crippen LogP contribution in [0.2, 0.25) is 0 Å². The number of fused-ring (bicyclic) bond motifs is 13. The van der Waals surface area contributed by atoms with Gasteiger partial charge in [0, 0.05) is 76.4 Å². The van der Waals surface area contributed by atoms with Crippen molar-refractivity contribution in [2.45, 2.75) is 13.8 Å². The summed E-state index contributed by atoms with van der Waals surface area (Å²) in [6, 6.07) is 104. The molecular weight excluding hydrogens is 1060 g/mol. The molecule has 3 heterocycles. The number of anilines is 6. The Bertz CT molecular complexity index is 5200. The van der Waals surface area contributed by atoms with Gasteiger partial charge in [-0.3, -0.25) is 0 Å². The first-order valence-corrected chi connectivity index (χ1v) is 29.7.